The topological polar surface area (TPSA) is 78.4 Å². The zero-order valence-corrected chi connectivity index (χ0v) is 9.58. The van der Waals surface area contributed by atoms with Crippen LogP contribution in [0.5, 0.6) is 0 Å². The molecule has 1 aromatic rings. The standard InChI is InChI=1S/C11H10N2O3S/c14-10(15)5-12-8-6-17-9-4-2-1-3-7(9)13-11(8)16/h1-4,6,12H,5H2,(H,13,16)(H,14,15). The number of benzene rings is 1. The smallest absolute Gasteiger partial charge is 0.322 e. The van der Waals surface area contributed by atoms with Crippen LogP contribution in [0.3, 0.4) is 0 Å². The Labute approximate surface area is 102 Å². The maximum absolute atomic E-state index is 11.7. The zero-order chi connectivity index (χ0) is 12.3. The molecule has 6 heteroatoms. The largest absolute Gasteiger partial charge is 0.480 e. The fourth-order valence-electron chi connectivity index (χ4n) is 1.33. The Morgan fingerprint density at radius 3 is 2.94 bits per heavy atom. The molecule has 5 nitrogen and oxygen atoms in total. The molecule has 1 aromatic carbocycles. The molecule has 3 N–H and O–H groups in total. The molecule has 0 unspecified atom stereocenters. The third kappa shape index (κ3) is 2.79. The molecule has 0 radical (unpaired) electrons. The van der Waals surface area contributed by atoms with Crippen molar-refractivity contribution in [1.82, 2.24) is 5.32 Å². The number of rotatable bonds is 3. The van der Waals surface area contributed by atoms with E-state index in [4.69, 9.17) is 5.11 Å². The highest BCUT2D eigenvalue weighted by molar-refractivity contribution is 8.02. The Morgan fingerprint density at radius 2 is 2.18 bits per heavy atom. The predicted octanol–water partition coefficient (Wildman–Crippen LogP) is 1.25. The minimum Gasteiger partial charge on any atom is -0.480 e. The van der Waals surface area contributed by atoms with Crippen molar-refractivity contribution in [2.45, 2.75) is 4.90 Å². The Hall–Kier alpha value is -1.95. The van der Waals surface area contributed by atoms with E-state index >= 15 is 0 Å². The Morgan fingerprint density at radius 1 is 1.41 bits per heavy atom. The minimum atomic E-state index is -1.01. The summed E-state index contributed by atoms with van der Waals surface area (Å²) in [5.74, 6) is -1.34. The number of para-hydroxylation sites is 1. The first-order valence-corrected chi connectivity index (χ1v) is 5.77. The van der Waals surface area contributed by atoms with Gasteiger partial charge in [0.05, 0.1) is 5.69 Å². The second-order valence-corrected chi connectivity index (χ2v) is 4.26. The molecule has 88 valence electrons. The van der Waals surface area contributed by atoms with E-state index < -0.39 is 5.97 Å². The summed E-state index contributed by atoms with van der Waals surface area (Å²) in [6, 6.07) is 7.39. The fourth-order valence-corrected chi connectivity index (χ4v) is 2.17. The average Bonchev–Trinajstić information content (AvgIpc) is 2.45. The number of amides is 1. The highest BCUT2D eigenvalue weighted by atomic mass is 32.2. The molecule has 0 aromatic heterocycles. The molecular weight excluding hydrogens is 240 g/mol. The molecule has 0 aliphatic carbocycles. The molecule has 1 heterocycles. The molecule has 1 aliphatic rings. The summed E-state index contributed by atoms with van der Waals surface area (Å²) in [6.45, 7) is -0.282. The van der Waals surface area contributed by atoms with Crippen LogP contribution in [0.25, 0.3) is 0 Å². The van der Waals surface area contributed by atoms with E-state index in [1.807, 2.05) is 18.2 Å². The van der Waals surface area contributed by atoms with Gasteiger partial charge in [0.2, 0.25) is 0 Å². The number of anilines is 1. The maximum atomic E-state index is 11.7. The van der Waals surface area contributed by atoms with Crippen LogP contribution >= 0.6 is 11.8 Å². The van der Waals surface area contributed by atoms with Crippen molar-refractivity contribution in [2.75, 3.05) is 11.9 Å². The first kappa shape index (κ1) is 11.5. The van der Waals surface area contributed by atoms with Crippen molar-refractivity contribution >= 4 is 29.3 Å². The van der Waals surface area contributed by atoms with Crippen molar-refractivity contribution in [1.29, 1.82) is 0 Å². The second kappa shape index (κ2) is 4.92. The van der Waals surface area contributed by atoms with Crippen LogP contribution in [-0.4, -0.2) is 23.5 Å². The molecule has 0 fully saturated rings. The number of carbonyl (C=O) groups is 2. The van der Waals surface area contributed by atoms with Gasteiger partial charge in [-0.25, -0.2) is 0 Å². The molecule has 1 aliphatic heterocycles. The van der Waals surface area contributed by atoms with Gasteiger partial charge in [-0.3, -0.25) is 9.59 Å². The summed E-state index contributed by atoms with van der Waals surface area (Å²) in [5.41, 5.74) is 0.986. The van der Waals surface area contributed by atoms with Gasteiger partial charge in [-0.2, -0.15) is 0 Å². The Bertz CT molecular complexity index is 499. The zero-order valence-electron chi connectivity index (χ0n) is 8.77. The van der Waals surface area contributed by atoms with Gasteiger partial charge in [0.15, 0.2) is 0 Å². The van der Waals surface area contributed by atoms with Crippen molar-refractivity contribution in [3.05, 3.63) is 35.4 Å². The normalized spacial score (nSPS) is 14.1. The third-order valence-corrected chi connectivity index (χ3v) is 3.08. The van der Waals surface area contributed by atoms with E-state index in [-0.39, 0.29) is 18.1 Å². The van der Waals surface area contributed by atoms with Gasteiger partial charge >= 0.3 is 5.97 Å². The van der Waals surface area contributed by atoms with E-state index in [0.717, 1.165) is 10.6 Å². The van der Waals surface area contributed by atoms with Gasteiger partial charge in [0, 0.05) is 10.3 Å². The molecule has 1 amide bonds. The van der Waals surface area contributed by atoms with Crippen LogP contribution < -0.4 is 10.6 Å². The number of fused-ring (bicyclic) bond motifs is 1. The van der Waals surface area contributed by atoms with E-state index in [2.05, 4.69) is 10.6 Å². The van der Waals surface area contributed by atoms with Crippen molar-refractivity contribution in [2.24, 2.45) is 0 Å². The lowest BCUT2D eigenvalue weighted by Gasteiger charge is -2.07. The van der Waals surface area contributed by atoms with E-state index in [1.54, 1.807) is 11.5 Å². The average molecular weight is 250 g/mol. The summed E-state index contributed by atoms with van der Waals surface area (Å²) in [6.07, 6.45) is 0. The lowest BCUT2D eigenvalue weighted by molar-refractivity contribution is -0.135. The van der Waals surface area contributed by atoms with E-state index in [9.17, 15) is 9.59 Å². The number of carboxylic acids is 1. The SMILES string of the molecule is O=C(O)CNC1=CSc2ccccc2NC1=O. The van der Waals surface area contributed by atoms with Crippen LogP contribution in [0.4, 0.5) is 5.69 Å². The minimum absolute atomic E-state index is 0.258. The predicted molar refractivity (Wildman–Crippen MR) is 64.7 cm³/mol. The van der Waals surface area contributed by atoms with Crippen molar-refractivity contribution in [3.8, 4) is 0 Å². The third-order valence-electron chi connectivity index (χ3n) is 2.11. The summed E-state index contributed by atoms with van der Waals surface area (Å²) in [5, 5.41) is 15.4. The quantitative estimate of drug-likeness (QED) is 0.752. The molecule has 2 rings (SSSR count). The van der Waals surface area contributed by atoms with Gasteiger partial charge in [0.1, 0.15) is 12.2 Å². The number of hydrogen-bond acceptors (Lipinski definition) is 4. The number of thioether (sulfide) groups is 1. The van der Waals surface area contributed by atoms with E-state index in [0.29, 0.717) is 0 Å². The van der Waals surface area contributed by atoms with Crippen molar-refractivity contribution in [3.63, 3.8) is 0 Å². The number of carboxylic acid groups (broad SMARTS) is 1. The number of hydrogen-bond donors (Lipinski definition) is 3. The van der Waals surface area contributed by atoms with Crippen molar-refractivity contribution < 1.29 is 14.7 Å². The van der Waals surface area contributed by atoms with E-state index in [1.165, 1.54) is 11.8 Å². The van der Waals surface area contributed by atoms with Crippen LogP contribution in [0, 0.1) is 0 Å². The van der Waals surface area contributed by atoms with Gasteiger partial charge < -0.3 is 15.7 Å². The lowest BCUT2D eigenvalue weighted by Crippen LogP contribution is -2.29. The molecule has 0 atom stereocenters. The molecule has 0 saturated heterocycles. The van der Waals surface area contributed by atoms with Crippen LogP contribution in [0.2, 0.25) is 0 Å². The number of aliphatic carboxylic acids is 1. The molecule has 17 heavy (non-hydrogen) atoms. The molecular formula is C11H10N2O3S. The summed E-state index contributed by atoms with van der Waals surface area (Å²) >= 11 is 1.37. The van der Waals surface area contributed by atoms with Gasteiger partial charge in [-0.15, -0.1) is 0 Å². The Kier molecular flexibility index (Phi) is 3.34. The highest BCUT2D eigenvalue weighted by Crippen LogP contribution is 2.31. The molecule has 0 saturated carbocycles. The highest BCUT2D eigenvalue weighted by Gasteiger charge is 2.16. The van der Waals surface area contributed by atoms with Gasteiger partial charge in [0.25, 0.3) is 5.91 Å². The summed E-state index contributed by atoms with van der Waals surface area (Å²) < 4.78 is 0. The summed E-state index contributed by atoms with van der Waals surface area (Å²) in [7, 11) is 0. The van der Waals surface area contributed by atoms with Gasteiger partial charge in [-0.05, 0) is 12.1 Å². The fraction of sp³-hybridized carbons (Fsp3) is 0.0909. The maximum Gasteiger partial charge on any atom is 0.322 e. The number of carbonyl (C=O) groups excluding carboxylic acids is 1. The Balaban J connectivity index is 2.16. The summed E-state index contributed by atoms with van der Waals surface area (Å²) in [4.78, 5) is 23.1. The first-order chi connectivity index (χ1) is 8.16. The van der Waals surface area contributed by atoms with Crippen LogP contribution in [0.1, 0.15) is 0 Å². The lowest BCUT2D eigenvalue weighted by atomic mass is 10.3. The molecule has 0 bridgehead atoms. The molecule has 0 spiro atoms. The monoisotopic (exact) mass is 250 g/mol. The first-order valence-electron chi connectivity index (χ1n) is 4.89. The number of nitrogens with one attached hydrogen (secondary N) is 2. The van der Waals surface area contributed by atoms with Gasteiger partial charge in [-0.1, -0.05) is 23.9 Å². The van der Waals surface area contributed by atoms with Crippen LogP contribution in [0.15, 0.2) is 40.3 Å². The van der Waals surface area contributed by atoms with Crippen LogP contribution in [-0.2, 0) is 9.59 Å². The second-order valence-electron chi connectivity index (χ2n) is 3.35.